The number of nitrogens with zero attached hydrogens (tertiary/aromatic N) is 3. The molecule has 0 spiro atoms. The Hall–Kier alpha value is -1.66. The molecule has 0 radical (unpaired) electrons. The van der Waals surface area contributed by atoms with Gasteiger partial charge in [-0.05, 0) is 29.7 Å². The third-order valence-electron chi connectivity index (χ3n) is 4.07. The van der Waals surface area contributed by atoms with E-state index in [9.17, 15) is 41.2 Å². The Bertz CT molecular complexity index is 1480. The fourth-order valence-corrected chi connectivity index (χ4v) is 3.89. The number of phenols is 1. The van der Waals surface area contributed by atoms with Crippen molar-refractivity contribution in [3.05, 3.63) is 52.6 Å². The molecule has 0 saturated carbocycles. The van der Waals surface area contributed by atoms with Gasteiger partial charge in [-0.1, -0.05) is 0 Å². The molecular weight excluding hydrogens is 502 g/mol. The van der Waals surface area contributed by atoms with E-state index < -0.39 is 52.1 Å². The van der Waals surface area contributed by atoms with Gasteiger partial charge in [0.2, 0.25) is 0 Å². The molecule has 13 nitrogen and oxygen atoms in total. The zero-order valence-electron chi connectivity index (χ0n) is 17.1. The fraction of sp³-hybridized carbons (Fsp3) is 0. The predicted molar refractivity (Wildman–Crippen MR) is 107 cm³/mol. The number of hydrogen-bond donors (Lipinski definition) is 4. The first-order valence-corrected chi connectivity index (χ1v) is 10.9. The summed E-state index contributed by atoms with van der Waals surface area (Å²) in [5, 5.41) is 27.9. The molecule has 3 aromatic carbocycles. The van der Waals surface area contributed by atoms with Crippen LogP contribution in [0.2, 0.25) is 0 Å². The number of nitrogen functional groups attached to an aromatic ring is 1. The Morgan fingerprint density at radius 2 is 1.48 bits per heavy atom. The number of nitro groups is 1. The topological polar surface area (TPSA) is 223 Å². The molecule has 3 rings (SSSR count). The number of fused-ring (bicyclic) bond motifs is 1. The van der Waals surface area contributed by atoms with Gasteiger partial charge in [0.1, 0.15) is 16.3 Å². The van der Waals surface area contributed by atoms with Gasteiger partial charge in [0.05, 0.1) is 21.2 Å². The number of azo groups is 1. The van der Waals surface area contributed by atoms with Gasteiger partial charge in [0.15, 0.2) is 0 Å². The maximum atomic E-state index is 11.8. The predicted octanol–water partition coefficient (Wildman–Crippen LogP) is -3.05. The third-order valence-corrected chi connectivity index (χ3v) is 5.77. The van der Waals surface area contributed by atoms with Gasteiger partial charge in [-0.3, -0.25) is 19.2 Å². The quantitative estimate of drug-likeness (QED) is 0.0672. The molecule has 0 aliphatic rings. The summed E-state index contributed by atoms with van der Waals surface area (Å²) in [6.45, 7) is 0. The van der Waals surface area contributed by atoms with E-state index in [1.807, 2.05) is 0 Å². The number of nitrogens with two attached hydrogens (primary N) is 1. The van der Waals surface area contributed by atoms with Crippen LogP contribution in [-0.4, -0.2) is 36.0 Å². The van der Waals surface area contributed by atoms with Crippen LogP contribution in [-0.2, 0) is 20.2 Å². The Balaban J connectivity index is 0.00000272. The molecule has 0 amide bonds. The number of non-ortho nitro benzene ring substituents is 1. The summed E-state index contributed by atoms with van der Waals surface area (Å²) in [6.07, 6.45) is 0. The molecule has 0 aliphatic heterocycles. The Kier molecular flexibility index (Phi) is 9.55. The van der Waals surface area contributed by atoms with Crippen molar-refractivity contribution in [2.45, 2.75) is 9.79 Å². The Morgan fingerprint density at radius 1 is 0.909 bits per heavy atom. The van der Waals surface area contributed by atoms with Crippen molar-refractivity contribution >= 4 is 53.8 Å². The van der Waals surface area contributed by atoms with Gasteiger partial charge in [0, 0.05) is 23.6 Å². The number of anilines is 1. The summed E-state index contributed by atoms with van der Waals surface area (Å²) in [5.74, 6) is -0.712. The van der Waals surface area contributed by atoms with Crippen LogP contribution in [0.1, 0.15) is 0 Å². The maximum absolute atomic E-state index is 11.8. The largest absolute Gasteiger partial charge is 1.00 e. The third kappa shape index (κ3) is 6.48. The number of phenolic OH excluding ortho intramolecular Hbond substituents is 1. The maximum Gasteiger partial charge on any atom is 1.00 e. The zero-order chi connectivity index (χ0) is 23.1. The number of rotatable bonds is 5. The number of benzene rings is 3. The van der Waals surface area contributed by atoms with E-state index in [-0.39, 0.29) is 81.3 Å². The van der Waals surface area contributed by atoms with E-state index in [0.29, 0.717) is 6.07 Å². The van der Waals surface area contributed by atoms with E-state index in [1.54, 1.807) is 0 Å². The minimum atomic E-state index is -4.95. The minimum absolute atomic E-state index is 0. The van der Waals surface area contributed by atoms with Crippen molar-refractivity contribution < 1.29 is 95.1 Å². The Labute approximate surface area is 230 Å². The van der Waals surface area contributed by atoms with Crippen molar-refractivity contribution in [1.82, 2.24) is 0 Å². The molecule has 0 saturated heterocycles. The molecular formula is C16H12N4Na2O9S2+2. The SMILES string of the molecule is Nc1c(N=Nc2ccc([N+](=O)[O-])cc2)c(S(=O)(=O)O)cc2cc(S(=O)(=O)O)cc(O)c12.[Na+].[Na+]. The van der Waals surface area contributed by atoms with Crippen molar-refractivity contribution in [3.63, 3.8) is 0 Å². The first-order valence-electron chi connectivity index (χ1n) is 7.99. The van der Waals surface area contributed by atoms with Crippen molar-refractivity contribution in [2.24, 2.45) is 10.2 Å². The van der Waals surface area contributed by atoms with Gasteiger partial charge in [-0.25, -0.2) is 0 Å². The smallest absolute Gasteiger partial charge is 0.507 e. The molecule has 0 atom stereocenters. The van der Waals surface area contributed by atoms with Crippen LogP contribution in [0, 0.1) is 10.1 Å². The molecule has 162 valence electrons. The summed E-state index contributed by atoms with van der Waals surface area (Å²) in [7, 11) is -9.69. The fourth-order valence-electron chi connectivity index (χ4n) is 2.69. The van der Waals surface area contributed by atoms with Crippen LogP contribution < -0.4 is 64.8 Å². The van der Waals surface area contributed by atoms with Gasteiger partial charge in [0.25, 0.3) is 25.9 Å². The van der Waals surface area contributed by atoms with Crippen LogP contribution >= 0.6 is 0 Å². The number of aromatic hydroxyl groups is 1. The summed E-state index contributed by atoms with van der Waals surface area (Å²) >= 11 is 0. The average molecular weight is 514 g/mol. The average Bonchev–Trinajstić information content (AvgIpc) is 2.65. The normalized spacial score (nSPS) is 11.7. The van der Waals surface area contributed by atoms with E-state index in [1.165, 1.54) is 12.1 Å². The van der Waals surface area contributed by atoms with Crippen LogP contribution in [0.3, 0.4) is 0 Å². The molecule has 0 fully saturated rings. The van der Waals surface area contributed by atoms with Crippen molar-refractivity contribution in [2.75, 3.05) is 5.73 Å². The van der Waals surface area contributed by atoms with E-state index in [2.05, 4.69) is 10.2 Å². The van der Waals surface area contributed by atoms with Gasteiger partial charge < -0.3 is 10.8 Å². The van der Waals surface area contributed by atoms with Crippen LogP contribution in [0.25, 0.3) is 10.8 Å². The first-order chi connectivity index (χ1) is 14.3. The molecule has 3 aromatic rings. The summed E-state index contributed by atoms with van der Waals surface area (Å²) in [6, 6.07) is 7.03. The molecule has 17 heteroatoms. The van der Waals surface area contributed by atoms with Gasteiger partial charge in [-0.2, -0.15) is 21.9 Å². The van der Waals surface area contributed by atoms with Crippen molar-refractivity contribution in [1.29, 1.82) is 0 Å². The number of nitro benzene ring substituents is 1. The minimum Gasteiger partial charge on any atom is -0.507 e. The second-order valence-electron chi connectivity index (χ2n) is 6.10. The second kappa shape index (κ2) is 10.7. The monoisotopic (exact) mass is 514 g/mol. The zero-order valence-corrected chi connectivity index (χ0v) is 22.7. The first kappa shape index (κ1) is 29.4. The van der Waals surface area contributed by atoms with E-state index >= 15 is 0 Å². The molecule has 5 N–H and O–H groups in total. The standard InChI is InChI=1S/C16H12N4O9S2.2Na/c17-15-14-8(5-11(7-12(14)21)30(24,25)26)6-13(31(27,28)29)16(15)19-18-9-1-3-10(4-2-9)20(22)23;;/h1-7,21H,17H2,(H,24,25,26)(H,27,28,29);;/q;2*+1. The van der Waals surface area contributed by atoms with Crippen LogP contribution in [0.5, 0.6) is 5.75 Å². The summed E-state index contributed by atoms with van der Waals surface area (Å²) in [5.41, 5.74) is 4.75. The van der Waals surface area contributed by atoms with Crippen LogP contribution in [0.4, 0.5) is 22.7 Å². The van der Waals surface area contributed by atoms with Crippen LogP contribution in [0.15, 0.2) is 62.5 Å². The second-order valence-corrected chi connectivity index (χ2v) is 8.91. The van der Waals surface area contributed by atoms with Gasteiger partial charge >= 0.3 is 59.1 Å². The number of hydrogen-bond acceptors (Lipinski definition) is 10. The van der Waals surface area contributed by atoms with Gasteiger partial charge in [-0.15, -0.1) is 5.11 Å². The molecule has 0 unspecified atom stereocenters. The summed E-state index contributed by atoms with van der Waals surface area (Å²) < 4.78 is 65.1. The van der Waals surface area contributed by atoms with E-state index in [0.717, 1.165) is 24.3 Å². The summed E-state index contributed by atoms with van der Waals surface area (Å²) in [4.78, 5) is 8.47. The van der Waals surface area contributed by atoms with Crippen molar-refractivity contribution in [3.8, 4) is 5.75 Å². The molecule has 0 heterocycles. The Morgan fingerprint density at radius 3 is 1.97 bits per heavy atom. The molecule has 0 aromatic heterocycles. The molecule has 0 bridgehead atoms. The molecule has 33 heavy (non-hydrogen) atoms. The molecule has 0 aliphatic carbocycles. The van der Waals surface area contributed by atoms with E-state index in [4.69, 9.17) is 5.73 Å².